The van der Waals surface area contributed by atoms with E-state index < -0.39 is 0 Å². The van der Waals surface area contributed by atoms with Crippen LogP contribution in [0.25, 0.3) is 0 Å². The van der Waals surface area contributed by atoms with Gasteiger partial charge >= 0.3 is 0 Å². The third-order valence-corrected chi connectivity index (χ3v) is 1.85. The van der Waals surface area contributed by atoms with E-state index in [2.05, 4.69) is 0 Å². The number of rotatable bonds is 0. The van der Waals surface area contributed by atoms with Crippen molar-refractivity contribution in [2.24, 2.45) is 0 Å². The van der Waals surface area contributed by atoms with Crippen molar-refractivity contribution in [3.05, 3.63) is 54.1 Å². The first-order chi connectivity index (χ1) is 7.58. The Bertz CT molecular complexity index is 397. The molecule has 84 valence electrons. The van der Waals surface area contributed by atoms with Crippen LogP contribution in [-0.2, 0) is 0 Å². The normalized spacial score (nSPS) is 9.06. The minimum absolute atomic E-state index is 0.169. The molecule has 0 aromatic heterocycles. The van der Waals surface area contributed by atoms with Crippen molar-refractivity contribution in [2.75, 3.05) is 0 Å². The van der Waals surface area contributed by atoms with Crippen LogP contribution in [0, 0.1) is 6.92 Å². The molecule has 16 heavy (non-hydrogen) atoms. The van der Waals surface area contributed by atoms with Gasteiger partial charge in [0.1, 0.15) is 17.2 Å². The Morgan fingerprint density at radius 2 is 1.19 bits per heavy atom. The molecule has 2 aromatic carbocycles. The summed E-state index contributed by atoms with van der Waals surface area (Å²) in [5.74, 6) is 0.676. The first kappa shape index (κ1) is 11.9. The summed E-state index contributed by atoms with van der Waals surface area (Å²) in [6, 6.07) is 12.9. The van der Waals surface area contributed by atoms with Crippen LogP contribution in [0.5, 0.6) is 17.2 Å². The summed E-state index contributed by atoms with van der Waals surface area (Å²) in [6.45, 7) is 1.94. The maximum absolute atomic E-state index is 8.81. The Balaban J connectivity index is 0.000000160. The molecule has 0 bridgehead atoms. The summed E-state index contributed by atoms with van der Waals surface area (Å²) < 4.78 is 0. The summed E-state index contributed by atoms with van der Waals surface area (Å²) in [5, 5.41) is 26.1. The van der Waals surface area contributed by atoms with Gasteiger partial charge in [0, 0.05) is 0 Å². The zero-order valence-electron chi connectivity index (χ0n) is 8.96. The Morgan fingerprint density at radius 3 is 1.50 bits per heavy atom. The first-order valence-electron chi connectivity index (χ1n) is 4.81. The van der Waals surface area contributed by atoms with Gasteiger partial charge in [-0.2, -0.15) is 0 Å². The number of aromatic hydroxyl groups is 3. The second kappa shape index (κ2) is 5.66. The van der Waals surface area contributed by atoms with Crippen LogP contribution in [0.4, 0.5) is 0 Å². The van der Waals surface area contributed by atoms with Crippen molar-refractivity contribution >= 4 is 0 Å². The van der Waals surface area contributed by atoms with E-state index in [0.29, 0.717) is 5.75 Å². The predicted molar refractivity (Wildman–Crippen MR) is 62.6 cm³/mol. The number of benzene rings is 2. The van der Waals surface area contributed by atoms with Gasteiger partial charge in [-0.25, -0.2) is 0 Å². The first-order valence-corrected chi connectivity index (χ1v) is 4.81. The minimum atomic E-state index is 0.169. The largest absolute Gasteiger partial charge is 0.508 e. The monoisotopic (exact) mass is 218 g/mol. The molecule has 3 nitrogen and oxygen atoms in total. The van der Waals surface area contributed by atoms with Gasteiger partial charge in [0.15, 0.2) is 0 Å². The van der Waals surface area contributed by atoms with Crippen molar-refractivity contribution in [3.8, 4) is 17.2 Å². The highest BCUT2D eigenvalue weighted by molar-refractivity contribution is 5.28. The molecular weight excluding hydrogens is 204 g/mol. The van der Waals surface area contributed by atoms with Crippen LogP contribution in [0.3, 0.4) is 0 Å². The zero-order valence-corrected chi connectivity index (χ0v) is 8.96. The van der Waals surface area contributed by atoms with E-state index >= 15 is 0 Å². The maximum atomic E-state index is 8.81. The lowest BCUT2D eigenvalue weighted by Gasteiger charge is -1.89. The van der Waals surface area contributed by atoms with Crippen LogP contribution < -0.4 is 0 Å². The van der Waals surface area contributed by atoms with Gasteiger partial charge in [-0.1, -0.05) is 12.1 Å². The Morgan fingerprint density at radius 1 is 0.688 bits per heavy atom. The maximum Gasteiger partial charge on any atom is 0.115 e. The summed E-state index contributed by atoms with van der Waals surface area (Å²) in [6.07, 6.45) is 0. The molecule has 2 aromatic rings. The van der Waals surface area contributed by atoms with Gasteiger partial charge < -0.3 is 15.3 Å². The van der Waals surface area contributed by atoms with E-state index in [1.54, 1.807) is 12.1 Å². The highest BCUT2D eigenvalue weighted by atomic mass is 16.3. The van der Waals surface area contributed by atoms with Crippen LogP contribution in [-0.4, -0.2) is 15.3 Å². The standard InChI is InChI=1S/C7H8O.C6H6O2/c1-6-3-2-4-7(8)5-6;7-5-1-2-6(8)4-3-5/h2-5,8H,1H3;1-4,7-8H. The molecule has 0 radical (unpaired) electrons. The average Bonchev–Trinajstić information content (AvgIpc) is 2.23. The third kappa shape index (κ3) is 4.37. The molecule has 3 heteroatoms. The molecule has 3 N–H and O–H groups in total. The van der Waals surface area contributed by atoms with E-state index in [1.807, 2.05) is 19.1 Å². The van der Waals surface area contributed by atoms with Crippen molar-refractivity contribution in [2.45, 2.75) is 6.92 Å². The fourth-order valence-electron chi connectivity index (χ4n) is 1.08. The highest BCUT2D eigenvalue weighted by Gasteiger charge is 1.84. The molecule has 0 aliphatic rings. The number of aryl methyl sites for hydroxylation is 1. The summed E-state index contributed by atoms with van der Waals surface area (Å²) >= 11 is 0. The molecule has 0 aliphatic heterocycles. The molecule has 0 amide bonds. The lowest BCUT2D eigenvalue weighted by atomic mass is 10.2. The molecule has 2 rings (SSSR count). The molecule has 0 spiro atoms. The SMILES string of the molecule is Cc1cccc(O)c1.Oc1ccc(O)cc1. The summed E-state index contributed by atoms with van der Waals surface area (Å²) in [7, 11) is 0. The Hall–Kier alpha value is -2.16. The van der Waals surface area contributed by atoms with Gasteiger partial charge in [0.2, 0.25) is 0 Å². The second-order valence-corrected chi connectivity index (χ2v) is 3.36. The minimum Gasteiger partial charge on any atom is -0.508 e. The van der Waals surface area contributed by atoms with E-state index in [0.717, 1.165) is 5.56 Å². The smallest absolute Gasteiger partial charge is 0.115 e. The molecule has 0 fully saturated rings. The Kier molecular flexibility index (Phi) is 4.21. The fourth-order valence-corrected chi connectivity index (χ4v) is 1.08. The molecule has 0 aliphatic carbocycles. The molecule has 0 unspecified atom stereocenters. The number of phenolic OH excluding ortho intramolecular Hbond substituents is 3. The second-order valence-electron chi connectivity index (χ2n) is 3.36. The van der Waals surface area contributed by atoms with E-state index in [-0.39, 0.29) is 11.5 Å². The van der Waals surface area contributed by atoms with Crippen LogP contribution in [0.15, 0.2) is 48.5 Å². The van der Waals surface area contributed by atoms with Gasteiger partial charge in [0.05, 0.1) is 0 Å². The van der Waals surface area contributed by atoms with Crippen molar-refractivity contribution in [3.63, 3.8) is 0 Å². The van der Waals surface area contributed by atoms with Crippen LogP contribution in [0.1, 0.15) is 5.56 Å². The third-order valence-electron chi connectivity index (χ3n) is 1.85. The van der Waals surface area contributed by atoms with Crippen LogP contribution in [0.2, 0.25) is 0 Å². The lowest BCUT2D eigenvalue weighted by molar-refractivity contribution is 0.460. The van der Waals surface area contributed by atoms with Crippen molar-refractivity contribution < 1.29 is 15.3 Å². The highest BCUT2D eigenvalue weighted by Crippen LogP contribution is 2.13. The van der Waals surface area contributed by atoms with Gasteiger partial charge in [-0.15, -0.1) is 0 Å². The van der Waals surface area contributed by atoms with E-state index in [9.17, 15) is 0 Å². The van der Waals surface area contributed by atoms with E-state index in [1.165, 1.54) is 24.3 Å². The van der Waals surface area contributed by atoms with Crippen LogP contribution >= 0.6 is 0 Å². The number of hydrogen-bond acceptors (Lipinski definition) is 3. The predicted octanol–water partition coefficient (Wildman–Crippen LogP) is 2.80. The lowest BCUT2D eigenvalue weighted by Crippen LogP contribution is -1.66. The van der Waals surface area contributed by atoms with Gasteiger partial charge in [0.25, 0.3) is 0 Å². The van der Waals surface area contributed by atoms with Crippen molar-refractivity contribution in [1.82, 2.24) is 0 Å². The number of phenols is 3. The van der Waals surface area contributed by atoms with Gasteiger partial charge in [-0.05, 0) is 48.9 Å². The van der Waals surface area contributed by atoms with Crippen molar-refractivity contribution in [1.29, 1.82) is 0 Å². The average molecular weight is 218 g/mol. The summed E-state index contributed by atoms with van der Waals surface area (Å²) in [5.41, 5.74) is 1.09. The zero-order chi connectivity index (χ0) is 12.0. The number of hydrogen-bond donors (Lipinski definition) is 3. The topological polar surface area (TPSA) is 60.7 Å². The molecule has 0 atom stereocenters. The summed E-state index contributed by atoms with van der Waals surface area (Å²) in [4.78, 5) is 0. The molecule has 0 saturated heterocycles. The quantitative estimate of drug-likeness (QED) is 0.596. The molecular formula is C13H14O3. The molecule has 0 heterocycles. The fraction of sp³-hybridized carbons (Fsp3) is 0.0769. The van der Waals surface area contributed by atoms with Gasteiger partial charge in [-0.3, -0.25) is 0 Å². The molecule has 0 saturated carbocycles. The van der Waals surface area contributed by atoms with E-state index in [4.69, 9.17) is 15.3 Å². The Labute approximate surface area is 94.2 Å².